The molecule has 0 unspecified atom stereocenters. The van der Waals surface area contributed by atoms with Gasteiger partial charge in [-0.05, 0) is 29.8 Å². The molecule has 2 aromatic heterocycles. The molecule has 5 rings (SSSR count). The van der Waals surface area contributed by atoms with Crippen LogP contribution >= 0.6 is 0 Å². The van der Waals surface area contributed by atoms with Gasteiger partial charge < -0.3 is 14.4 Å². The molecule has 0 saturated carbocycles. The SMILES string of the molecule is COc1cc(CN2CCc3c(c(C(=O)N4CCOCC4)nn3Cc3ccccn3)C2)ccc1F. The summed E-state index contributed by atoms with van der Waals surface area (Å²) in [6.45, 7) is 4.79. The third kappa shape index (κ3) is 4.67. The van der Waals surface area contributed by atoms with E-state index in [1.54, 1.807) is 18.3 Å². The van der Waals surface area contributed by atoms with E-state index in [0.29, 0.717) is 51.6 Å². The van der Waals surface area contributed by atoms with Crippen molar-refractivity contribution in [2.24, 2.45) is 0 Å². The normalized spacial score (nSPS) is 16.4. The van der Waals surface area contributed by atoms with Gasteiger partial charge in [0.15, 0.2) is 17.3 Å². The maximum atomic E-state index is 13.8. The van der Waals surface area contributed by atoms with Gasteiger partial charge in [-0.25, -0.2) is 4.39 Å². The van der Waals surface area contributed by atoms with Crippen LogP contribution in [0.1, 0.15) is 33.0 Å². The molecule has 1 saturated heterocycles. The number of hydrogen-bond acceptors (Lipinski definition) is 6. The lowest BCUT2D eigenvalue weighted by Gasteiger charge is -2.29. The first-order valence-electron chi connectivity index (χ1n) is 11.5. The summed E-state index contributed by atoms with van der Waals surface area (Å²) >= 11 is 0. The molecule has 3 aromatic rings. The monoisotopic (exact) mass is 465 g/mol. The lowest BCUT2D eigenvalue weighted by Crippen LogP contribution is -2.41. The number of fused-ring (bicyclic) bond motifs is 1. The van der Waals surface area contributed by atoms with E-state index in [0.717, 1.165) is 35.5 Å². The van der Waals surface area contributed by atoms with Gasteiger partial charge in [0.25, 0.3) is 5.91 Å². The zero-order valence-corrected chi connectivity index (χ0v) is 19.2. The minimum atomic E-state index is -0.374. The van der Waals surface area contributed by atoms with Gasteiger partial charge in [-0.1, -0.05) is 12.1 Å². The number of carbonyl (C=O) groups is 1. The topological polar surface area (TPSA) is 72.7 Å². The van der Waals surface area contributed by atoms with Crippen molar-refractivity contribution in [1.82, 2.24) is 24.6 Å². The Balaban J connectivity index is 1.43. The van der Waals surface area contributed by atoms with E-state index in [1.165, 1.54) is 13.2 Å². The number of aromatic nitrogens is 3. The maximum Gasteiger partial charge on any atom is 0.274 e. The molecule has 0 atom stereocenters. The molecule has 0 bridgehead atoms. The number of benzene rings is 1. The highest BCUT2D eigenvalue weighted by atomic mass is 19.1. The zero-order chi connectivity index (χ0) is 23.5. The van der Waals surface area contributed by atoms with E-state index >= 15 is 0 Å². The van der Waals surface area contributed by atoms with Crippen molar-refractivity contribution < 1.29 is 18.7 Å². The molecule has 0 spiro atoms. The molecular formula is C25H28FN5O3. The highest BCUT2D eigenvalue weighted by molar-refractivity contribution is 5.94. The van der Waals surface area contributed by atoms with Crippen LogP contribution in [0.4, 0.5) is 4.39 Å². The van der Waals surface area contributed by atoms with Gasteiger partial charge in [0, 0.05) is 56.6 Å². The highest BCUT2D eigenvalue weighted by Crippen LogP contribution is 2.27. The molecule has 8 nitrogen and oxygen atoms in total. The van der Waals surface area contributed by atoms with Crippen molar-refractivity contribution >= 4 is 5.91 Å². The smallest absolute Gasteiger partial charge is 0.274 e. The Kier molecular flexibility index (Phi) is 6.55. The molecule has 0 radical (unpaired) electrons. The molecule has 1 aromatic carbocycles. The summed E-state index contributed by atoms with van der Waals surface area (Å²) in [5.41, 5.74) is 4.42. The van der Waals surface area contributed by atoms with Gasteiger partial charge in [0.1, 0.15) is 0 Å². The first-order valence-corrected chi connectivity index (χ1v) is 11.5. The molecule has 178 valence electrons. The van der Waals surface area contributed by atoms with Crippen molar-refractivity contribution in [2.75, 3.05) is 40.0 Å². The number of hydrogen-bond donors (Lipinski definition) is 0. The van der Waals surface area contributed by atoms with Gasteiger partial charge in [-0.15, -0.1) is 0 Å². The summed E-state index contributed by atoms with van der Waals surface area (Å²) in [7, 11) is 1.47. The Morgan fingerprint density at radius 1 is 1.15 bits per heavy atom. The standard InChI is InChI=1S/C25H28FN5O3/c1-33-23-14-18(5-6-21(23)26)15-29-9-7-22-20(17-29)24(25(32)30-10-12-34-13-11-30)28-31(22)16-19-4-2-3-8-27-19/h2-6,8,14H,7,9-13,15-17H2,1H3. The summed E-state index contributed by atoms with van der Waals surface area (Å²) in [5, 5.41) is 4.79. The van der Waals surface area contributed by atoms with Crippen molar-refractivity contribution in [3.63, 3.8) is 0 Å². The molecule has 1 fully saturated rings. The molecule has 2 aliphatic rings. The van der Waals surface area contributed by atoms with Crippen molar-refractivity contribution in [1.29, 1.82) is 0 Å². The average Bonchev–Trinajstić information content (AvgIpc) is 3.23. The second-order valence-corrected chi connectivity index (χ2v) is 8.59. The number of amides is 1. The fourth-order valence-electron chi connectivity index (χ4n) is 4.61. The third-order valence-electron chi connectivity index (χ3n) is 6.37. The molecule has 2 aliphatic heterocycles. The Bertz CT molecular complexity index is 1160. The summed E-state index contributed by atoms with van der Waals surface area (Å²) in [6.07, 6.45) is 2.54. The number of morpholine rings is 1. The lowest BCUT2D eigenvalue weighted by atomic mass is 10.0. The van der Waals surface area contributed by atoms with E-state index in [4.69, 9.17) is 14.6 Å². The van der Waals surface area contributed by atoms with E-state index < -0.39 is 0 Å². The predicted molar refractivity (Wildman–Crippen MR) is 123 cm³/mol. The minimum absolute atomic E-state index is 0.0513. The van der Waals surface area contributed by atoms with Crippen LogP contribution in [0.25, 0.3) is 0 Å². The molecule has 0 N–H and O–H groups in total. The lowest BCUT2D eigenvalue weighted by molar-refractivity contribution is 0.0297. The number of ether oxygens (including phenoxy) is 2. The number of pyridine rings is 1. The third-order valence-corrected chi connectivity index (χ3v) is 6.37. The summed E-state index contributed by atoms with van der Waals surface area (Å²) in [6, 6.07) is 10.7. The second-order valence-electron chi connectivity index (χ2n) is 8.59. The Hall–Kier alpha value is -3.30. The number of rotatable bonds is 6. The minimum Gasteiger partial charge on any atom is -0.494 e. The van der Waals surface area contributed by atoms with Crippen molar-refractivity contribution in [3.8, 4) is 5.75 Å². The first-order chi connectivity index (χ1) is 16.6. The number of methoxy groups -OCH3 is 1. The van der Waals surface area contributed by atoms with Crippen LogP contribution in [0.3, 0.4) is 0 Å². The Morgan fingerprint density at radius 2 is 2.00 bits per heavy atom. The van der Waals surface area contributed by atoms with E-state index in [-0.39, 0.29) is 17.5 Å². The molecular weight excluding hydrogens is 437 g/mol. The number of nitrogens with zero attached hydrogens (tertiary/aromatic N) is 5. The maximum absolute atomic E-state index is 13.8. The van der Waals surface area contributed by atoms with Crippen molar-refractivity contribution in [3.05, 3.63) is 76.6 Å². The summed E-state index contributed by atoms with van der Waals surface area (Å²) in [4.78, 5) is 21.9. The fourth-order valence-corrected chi connectivity index (χ4v) is 4.61. The van der Waals surface area contributed by atoms with Crippen molar-refractivity contribution in [2.45, 2.75) is 26.1 Å². The predicted octanol–water partition coefficient (Wildman–Crippen LogP) is 2.50. The Morgan fingerprint density at radius 3 is 2.76 bits per heavy atom. The molecule has 34 heavy (non-hydrogen) atoms. The van der Waals surface area contributed by atoms with Crippen LogP contribution in [-0.4, -0.2) is 70.4 Å². The van der Waals surface area contributed by atoms with Crippen LogP contribution in [0.15, 0.2) is 42.6 Å². The fraction of sp³-hybridized carbons (Fsp3) is 0.400. The number of halogens is 1. The van der Waals surface area contributed by atoms with Crippen LogP contribution in [-0.2, 0) is 30.8 Å². The largest absolute Gasteiger partial charge is 0.494 e. The molecule has 9 heteroatoms. The Labute approximate surface area is 197 Å². The second kappa shape index (κ2) is 9.90. The molecule has 4 heterocycles. The quantitative estimate of drug-likeness (QED) is 0.557. The zero-order valence-electron chi connectivity index (χ0n) is 19.2. The molecule has 0 aliphatic carbocycles. The van der Waals surface area contributed by atoms with E-state index in [9.17, 15) is 9.18 Å². The van der Waals surface area contributed by atoms with Gasteiger partial charge in [0.2, 0.25) is 0 Å². The van der Waals surface area contributed by atoms with Crippen LogP contribution in [0.2, 0.25) is 0 Å². The van der Waals surface area contributed by atoms with Crippen LogP contribution in [0, 0.1) is 5.82 Å². The van der Waals surface area contributed by atoms with Gasteiger partial charge in [-0.3, -0.25) is 19.4 Å². The average molecular weight is 466 g/mol. The van der Waals surface area contributed by atoms with E-state index in [2.05, 4.69) is 9.88 Å². The van der Waals surface area contributed by atoms with Gasteiger partial charge >= 0.3 is 0 Å². The van der Waals surface area contributed by atoms with Gasteiger partial charge in [-0.2, -0.15) is 5.10 Å². The summed E-state index contributed by atoms with van der Waals surface area (Å²) in [5.74, 6) is -0.187. The van der Waals surface area contributed by atoms with Gasteiger partial charge in [0.05, 0.1) is 32.6 Å². The number of carbonyl (C=O) groups excluding carboxylic acids is 1. The van der Waals surface area contributed by atoms with Crippen LogP contribution in [0.5, 0.6) is 5.75 Å². The summed E-state index contributed by atoms with van der Waals surface area (Å²) < 4.78 is 26.3. The first kappa shape index (κ1) is 22.5. The van der Waals surface area contributed by atoms with E-state index in [1.807, 2.05) is 27.8 Å². The highest BCUT2D eigenvalue weighted by Gasteiger charge is 2.31. The molecule has 1 amide bonds. The van der Waals surface area contributed by atoms with Crippen LogP contribution < -0.4 is 4.74 Å².